The van der Waals surface area contributed by atoms with Gasteiger partial charge in [0.1, 0.15) is 23.7 Å². The fourth-order valence-electron chi connectivity index (χ4n) is 4.45. The molecule has 0 N–H and O–H groups in total. The summed E-state index contributed by atoms with van der Waals surface area (Å²) in [4.78, 5) is 28.6. The molecule has 1 aliphatic rings. The lowest BCUT2D eigenvalue weighted by Crippen LogP contribution is -2.29. The molecule has 0 saturated heterocycles. The number of carbonyl (C=O) groups is 1. The molecule has 1 aliphatic heterocycles. The summed E-state index contributed by atoms with van der Waals surface area (Å²) in [7, 11) is 0. The molecule has 0 bridgehead atoms. The van der Waals surface area contributed by atoms with E-state index in [4.69, 9.17) is 25.3 Å². The average molecular weight is 499 g/mol. The standard InChI is InChI=1S/C28H19ClN2O5/c1-16-13-23(30-36-16)31-25(18-7-10-20(11-8-18)34-15-17-5-3-2-4-6-17)24-26(32)21-14-19(29)9-12-22(21)35-27(24)28(31)33/h2-14,25H,15H2,1H3. The van der Waals surface area contributed by atoms with Crippen molar-refractivity contribution in [2.24, 2.45) is 0 Å². The summed E-state index contributed by atoms with van der Waals surface area (Å²) in [5, 5.41) is 4.75. The fourth-order valence-corrected chi connectivity index (χ4v) is 4.62. The van der Waals surface area contributed by atoms with E-state index >= 15 is 0 Å². The molecule has 1 amide bonds. The number of anilines is 1. The van der Waals surface area contributed by atoms with Crippen LogP contribution in [-0.2, 0) is 6.61 Å². The van der Waals surface area contributed by atoms with Gasteiger partial charge in [0.25, 0.3) is 5.91 Å². The van der Waals surface area contributed by atoms with Gasteiger partial charge in [0.2, 0.25) is 5.76 Å². The van der Waals surface area contributed by atoms with Gasteiger partial charge in [0, 0.05) is 11.1 Å². The van der Waals surface area contributed by atoms with E-state index in [-0.39, 0.29) is 22.3 Å². The molecule has 0 aliphatic carbocycles. The second-order valence-electron chi connectivity index (χ2n) is 8.53. The first-order chi connectivity index (χ1) is 17.5. The molecule has 3 heterocycles. The van der Waals surface area contributed by atoms with Crippen LogP contribution in [0.1, 0.15) is 39.0 Å². The number of hydrogen-bond donors (Lipinski definition) is 0. The number of halogens is 1. The first-order valence-corrected chi connectivity index (χ1v) is 11.7. The topological polar surface area (TPSA) is 85.8 Å². The third kappa shape index (κ3) is 3.74. The van der Waals surface area contributed by atoms with Gasteiger partial charge in [-0.1, -0.05) is 59.2 Å². The van der Waals surface area contributed by atoms with Gasteiger partial charge in [0.15, 0.2) is 11.2 Å². The molecule has 178 valence electrons. The van der Waals surface area contributed by atoms with Gasteiger partial charge in [-0.25, -0.2) is 0 Å². The minimum Gasteiger partial charge on any atom is -0.489 e. The van der Waals surface area contributed by atoms with Crippen LogP contribution in [0.3, 0.4) is 0 Å². The lowest BCUT2D eigenvalue weighted by molar-refractivity contribution is 0.0969. The Morgan fingerprint density at radius 1 is 1.00 bits per heavy atom. The molecular formula is C28H19ClN2O5. The summed E-state index contributed by atoms with van der Waals surface area (Å²) in [5.74, 6) is 0.994. The van der Waals surface area contributed by atoms with Crippen molar-refractivity contribution < 1.29 is 18.5 Å². The number of fused-ring (bicyclic) bond motifs is 2. The highest BCUT2D eigenvalue weighted by Gasteiger charge is 2.44. The van der Waals surface area contributed by atoms with Crippen molar-refractivity contribution in [3.63, 3.8) is 0 Å². The van der Waals surface area contributed by atoms with Gasteiger partial charge in [0.05, 0.1) is 17.0 Å². The monoisotopic (exact) mass is 498 g/mol. The minimum absolute atomic E-state index is 0.0233. The van der Waals surface area contributed by atoms with E-state index in [0.717, 1.165) is 5.56 Å². The van der Waals surface area contributed by atoms with Crippen molar-refractivity contribution >= 4 is 34.3 Å². The molecule has 0 saturated carbocycles. The SMILES string of the molecule is Cc1cc(N2C(=O)c3oc4ccc(Cl)cc4c(=O)c3C2c2ccc(OCc3ccccc3)cc2)no1. The van der Waals surface area contributed by atoms with Crippen LogP contribution >= 0.6 is 11.6 Å². The first-order valence-electron chi connectivity index (χ1n) is 11.3. The second kappa shape index (κ2) is 8.70. The Morgan fingerprint density at radius 2 is 1.78 bits per heavy atom. The van der Waals surface area contributed by atoms with Crippen LogP contribution in [0.15, 0.2) is 92.6 Å². The Bertz CT molecular complexity index is 1660. The molecule has 1 unspecified atom stereocenters. The van der Waals surface area contributed by atoms with Crippen molar-refractivity contribution in [2.75, 3.05) is 4.90 Å². The van der Waals surface area contributed by atoms with Gasteiger partial charge in [-0.2, -0.15) is 0 Å². The molecule has 2 aromatic heterocycles. The van der Waals surface area contributed by atoms with E-state index in [1.54, 1.807) is 31.2 Å². The average Bonchev–Trinajstić information content (AvgIpc) is 3.45. The predicted molar refractivity (Wildman–Crippen MR) is 135 cm³/mol. The number of hydrogen-bond acceptors (Lipinski definition) is 6. The van der Waals surface area contributed by atoms with Crippen LogP contribution in [-0.4, -0.2) is 11.1 Å². The highest BCUT2D eigenvalue weighted by Crippen LogP contribution is 2.41. The highest BCUT2D eigenvalue weighted by atomic mass is 35.5. The normalized spacial score (nSPS) is 14.9. The van der Waals surface area contributed by atoms with E-state index in [2.05, 4.69) is 5.16 Å². The maximum atomic E-state index is 13.6. The quantitative estimate of drug-likeness (QED) is 0.292. The number of nitrogens with zero attached hydrogens (tertiary/aromatic N) is 2. The molecule has 3 aromatic carbocycles. The van der Waals surface area contributed by atoms with Gasteiger partial charge in [-0.05, 0) is 48.4 Å². The van der Waals surface area contributed by atoms with Crippen LogP contribution < -0.4 is 15.1 Å². The van der Waals surface area contributed by atoms with Gasteiger partial charge in [-0.3, -0.25) is 14.5 Å². The van der Waals surface area contributed by atoms with E-state index < -0.39 is 11.9 Å². The molecule has 0 spiro atoms. The van der Waals surface area contributed by atoms with Crippen molar-refractivity contribution in [3.8, 4) is 5.75 Å². The van der Waals surface area contributed by atoms with Crippen LogP contribution in [0.5, 0.6) is 5.75 Å². The molecule has 7 nitrogen and oxygen atoms in total. The number of aromatic nitrogens is 1. The molecule has 1 atom stereocenters. The van der Waals surface area contributed by atoms with Crippen molar-refractivity contribution in [3.05, 3.63) is 122 Å². The van der Waals surface area contributed by atoms with Gasteiger partial charge >= 0.3 is 0 Å². The lowest BCUT2D eigenvalue weighted by Gasteiger charge is -2.22. The summed E-state index contributed by atoms with van der Waals surface area (Å²) in [6.07, 6.45) is 0. The zero-order chi connectivity index (χ0) is 24.8. The highest BCUT2D eigenvalue weighted by molar-refractivity contribution is 6.31. The van der Waals surface area contributed by atoms with Crippen LogP contribution in [0.2, 0.25) is 5.02 Å². The predicted octanol–water partition coefficient (Wildman–Crippen LogP) is 6.07. The van der Waals surface area contributed by atoms with Crippen molar-refractivity contribution in [2.45, 2.75) is 19.6 Å². The van der Waals surface area contributed by atoms with E-state index in [1.807, 2.05) is 54.6 Å². The maximum absolute atomic E-state index is 13.6. The lowest BCUT2D eigenvalue weighted by atomic mass is 9.98. The Kier molecular flexibility index (Phi) is 5.34. The summed E-state index contributed by atoms with van der Waals surface area (Å²) >= 11 is 6.15. The summed E-state index contributed by atoms with van der Waals surface area (Å²) in [5.41, 5.74) is 1.95. The number of benzene rings is 3. The zero-order valence-corrected chi connectivity index (χ0v) is 19.9. The number of rotatable bonds is 5. The van der Waals surface area contributed by atoms with Crippen molar-refractivity contribution in [1.29, 1.82) is 0 Å². The number of ether oxygens (including phenoxy) is 1. The molecule has 5 aromatic rings. The van der Waals surface area contributed by atoms with E-state index in [0.29, 0.717) is 39.9 Å². The van der Waals surface area contributed by atoms with Crippen LogP contribution in [0.25, 0.3) is 11.0 Å². The molecule has 0 fully saturated rings. The Hall–Kier alpha value is -4.36. The number of aryl methyl sites for hydroxylation is 1. The number of amides is 1. The fraction of sp³-hybridized carbons (Fsp3) is 0.107. The van der Waals surface area contributed by atoms with Gasteiger partial charge < -0.3 is 13.7 Å². The summed E-state index contributed by atoms with van der Waals surface area (Å²) in [6, 6.07) is 22.8. The third-order valence-corrected chi connectivity index (χ3v) is 6.37. The van der Waals surface area contributed by atoms with Crippen LogP contribution in [0.4, 0.5) is 5.82 Å². The van der Waals surface area contributed by atoms with Gasteiger partial charge in [-0.15, -0.1) is 0 Å². The maximum Gasteiger partial charge on any atom is 0.296 e. The first kappa shape index (κ1) is 22.1. The van der Waals surface area contributed by atoms with E-state index in [1.165, 1.54) is 4.90 Å². The molecule has 0 radical (unpaired) electrons. The number of carbonyl (C=O) groups excluding carboxylic acids is 1. The third-order valence-electron chi connectivity index (χ3n) is 6.14. The summed E-state index contributed by atoms with van der Waals surface area (Å²) in [6.45, 7) is 2.16. The molecule has 36 heavy (non-hydrogen) atoms. The minimum atomic E-state index is -0.764. The smallest absolute Gasteiger partial charge is 0.296 e. The van der Waals surface area contributed by atoms with E-state index in [9.17, 15) is 9.59 Å². The van der Waals surface area contributed by atoms with Crippen LogP contribution in [0, 0.1) is 6.92 Å². The molecule has 6 rings (SSSR count). The Morgan fingerprint density at radius 3 is 2.50 bits per heavy atom. The summed E-state index contributed by atoms with van der Waals surface area (Å²) < 4.78 is 17.1. The largest absolute Gasteiger partial charge is 0.489 e. The molecule has 8 heteroatoms. The molecular weight excluding hydrogens is 480 g/mol. The zero-order valence-electron chi connectivity index (χ0n) is 19.1. The second-order valence-corrected chi connectivity index (χ2v) is 8.97. The Labute approximate surface area is 210 Å². The Balaban J connectivity index is 1.44. The van der Waals surface area contributed by atoms with Crippen molar-refractivity contribution in [1.82, 2.24) is 5.16 Å².